The molecular formula is C14H16FN3O2. The highest BCUT2D eigenvalue weighted by atomic mass is 19.1. The zero-order valence-electron chi connectivity index (χ0n) is 11.0. The van der Waals surface area contributed by atoms with Crippen LogP contribution in [0.3, 0.4) is 0 Å². The normalized spacial score (nSPS) is 17.9. The number of carbonyl (C=O) groups is 2. The molecule has 0 saturated carbocycles. The number of halogens is 1. The lowest BCUT2D eigenvalue weighted by atomic mass is 9.99. The Kier molecular flexibility index (Phi) is 3.40. The number of benzene rings is 1. The second-order valence-corrected chi connectivity index (χ2v) is 5.31. The fourth-order valence-electron chi connectivity index (χ4n) is 2.45. The molecule has 5 nitrogen and oxygen atoms in total. The van der Waals surface area contributed by atoms with Crippen LogP contribution in [0, 0.1) is 11.7 Å². The van der Waals surface area contributed by atoms with E-state index in [-0.39, 0.29) is 17.5 Å². The van der Waals surface area contributed by atoms with Crippen LogP contribution < -0.4 is 16.0 Å². The van der Waals surface area contributed by atoms with Gasteiger partial charge in [-0.05, 0) is 43.1 Å². The highest BCUT2D eigenvalue weighted by Crippen LogP contribution is 2.28. The van der Waals surface area contributed by atoms with Gasteiger partial charge in [0.25, 0.3) is 0 Å². The molecule has 2 heterocycles. The van der Waals surface area contributed by atoms with Gasteiger partial charge >= 0.3 is 0 Å². The Hall–Kier alpha value is -1.95. The van der Waals surface area contributed by atoms with E-state index in [1.807, 2.05) is 0 Å². The summed E-state index contributed by atoms with van der Waals surface area (Å²) in [5.74, 6) is -0.408. The second-order valence-electron chi connectivity index (χ2n) is 5.31. The summed E-state index contributed by atoms with van der Waals surface area (Å²) in [5.41, 5.74) is 1.48. The third-order valence-electron chi connectivity index (χ3n) is 3.70. The van der Waals surface area contributed by atoms with E-state index in [9.17, 15) is 14.0 Å². The number of fused-ring (bicyclic) bond motifs is 1. The lowest BCUT2D eigenvalue weighted by Crippen LogP contribution is -2.43. The van der Waals surface area contributed by atoms with Gasteiger partial charge in [0.15, 0.2) is 0 Å². The molecule has 106 valence electrons. The van der Waals surface area contributed by atoms with Gasteiger partial charge in [-0.2, -0.15) is 0 Å². The van der Waals surface area contributed by atoms with Crippen molar-refractivity contribution in [3.05, 3.63) is 23.5 Å². The fourth-order valence-corrected chi connectivity index (χ4v) is 2.45. The van der Waals surface area contributed by atoms with Gasteiger partial charge in [0.2, 0.25) is 11.8 Å². The molecule has 3 rings (SSSR count). The van der Waals surface area contributed by atoms with E-state index in [4.69, 9.17) is 0 Å². The zero-order valence-corrected chi connectivity index (χ0v) is 11.0. The minimum atomic E-state index is -0.458. The maximum absolute atomic E-state index is 13.9. The summed E-state index contributed by atoms with van der Waals surface area (Å²) < 4.78 is 13.9. The number of carbonyl (C=O) groups excluding carboxylic acids is 2. The van der Waals surface area contributed by atoms with E-state index in [0.717, 1.165) is 18.7 Å². The summed E-state index contributed by atoms with van der Waals surface area (Å²) >= 11 is 0. The highest BCUT2D eigenvalue weighted by Gasteiger charge is 2.22. The number of amides is 2. The molecule has 1 saturated heterocycles. The van der Waals surface area contributed by atoms with Gasteiger partial charge < -0.3 is 16.0 Å². The van der Waals surface area contributed by atoms with Gasteiger partial charge in [0.05, 0.1) is 5.69 Å². The molecule has 1 aromatic rings. The monoisotopic (exact) mass is 277 g/mol. The lowest BCUT2D eigenvalue weighted by molar-refractivity contribution is -0.117. The van der Waals surface area contributed by atoms with E-state index >= 15 is 0 Å². The van der Waals surface area contributed by atoms with Crippen molar-refractivity contribution >= 4 is 23.2 Å². The SMILES string of the molecule is O=C(CC1CNC1)Nc1cc2c(cc1F)CCC(=O)N2. The van der Waals surface area contributed by atoms with Gasteiger partial charge in [-0.15, -0.1) is 0 Å². The second kappa shape index (κ2) is 5.20. The first-order valence-electron chi connectivity index (χ1n) is 6.74. The predicted octanol–water partition coefficient (Wildman–Crippen LogP) is 1.26. The zero-order chi connectivity index (χ0) is 14.1. The molecule has 0 spiro atoms. The summed E-state index contributed by atoms with van der Waals surface area (Å²) in [6.45, 7) is 1.66. The molecule has 0 aliphatic carbocycles. The van der Waals surface area contributed by atoms with E-state index < -0.39 is 5.82 Å². The number of anilines is 2. The number of nitrogens with one attached hydrogen (secondary N) is 3. The van der Waals surface area contributed by atoms with Crippen LogP contribution in [-0.2, 0) is 16.0 Å². The molecule has 0 radical (unpaired) electrons. The molecular weight excluding hydrogens is 261 g/mol. The van der Waals surface area contributed by atoms with Crippen LogP contribution in [0.1, 0.15) is 18.4 Å². The topological polar surface area (TPSA) is 70.2 Å². The first kappa shape index (κ1) is 13.1. The van der Waals surface area contributed by atoms with Crippen LogP contribution in [0.4, 0.5) is 15.8 Å². The van der Waals surface area contributed by atoms with E-state index in [1.165, 1.54) is 12.1 Å². The van der Waals surface area contributed by atoms with Crippen molar-refractivity contribution in [1.29, 1.82) is 0 Å². The average molecular weight is 277 g/mol. The molecule has 2 amide bonds. The summed E-state index contributed by atoms with van der Waals surface area (Å²) in [4.78, 5) is 23.1. The number of aryl methyl sites for hydroxylation is 1. The smallest absolute Gasteiger partial charge is 0.224 e. The molecule has 2 aliphatic rings. The van der Waals surface area contributed by atoms with E-state index in [0.29, 0.717) is 30.9 Å². The first-order valence-corrected chi connectivity index (χ1v) is 6.74. The molecule has 20 heavy (non-hydrogen) atoms. The fraction of sp³-hybridized carbons (Fsp3) is 0.429. The Balaban J connectivity index is 1.73. The molecule has 0 atom stereocenters. The van der Waals surface area contributed by atoms with Crippen molar-refractivity contribution < 1.29 is 14.0 Å². The van der Waals surface area contributed by atoms with Gasteiger partial charge in [-0.25, -0.2) is 4.39 Å². The summed E-state index contributed by atoms with van der Waals surface area (Å²) in [7, 11) is 0. The Morgan fingerprint density at radius 3 is 2.85 bits per heavy atom. The van der Waals surface area contributed by atoms with E-state index in [1.54, 1.807) is 0 Å². The molecule has 0 bridgehead atoms. The van der Waals surface area contributed by atoms with Gasteiger partial charge in [-0.1, -0.05) is 0 Å². The largest absolute Gasteiger partial charge is 0.326 e. The van der Waals surface area contributed by atoms with Gasteiger partial charge in [-0.3, -0.25) is 9.59 Å². The van der Waals surface area contributed by atoms with Crippen LogP contribution in [0.2, 0.25) is 0 Å². The maximum atomic E-state index is 13.9. The van der Waals surface area contributed by atoms with Crippen molar-refractivity contribution in [2.75, 3.05) is 23.7 Å². The molecule has 1 aromatic carbocycles. The van der Waals surface area contributed by atoms with Crippen molar-refractivity contribution in [3.63, 3.8) is 0 Å². The molecule has 2 aliphatic heterocycles. The molecule has 3 N–H and O–H groups in total. The van der Waals surface area contributed by atoms with Gasteiger partial charge in [0.1, 0.15) is 5.82 Å². The van der Waals surface area contributed by atoms with Crippen molar-refractivity contribution in [2.24, 2.45) is 5.92 Å². The van der Waals surface area contributed by atoms with Crippen LogP contribution >= 0.6 is 0 Å². The predicted molar refractivity (Wildman–Crippen MR) is 73.0 cm³/mol. The average Bonchev–Trinajstić information content (AvgIpc) is 2.35. The van der Waals surface area contributed by atoms with Crippen LogP contribution in [0.25, 0.3) is 0 Å². The minimum absolute atomic E-state index is 0.0815. The third-order valence-corrected chi connectivity index (χ3v) is 3.70. The Morgan fingerprint density at radius 2 is 2.15 bits per heavy atom. The Labute approximate surface area is 115 Å². The Bertz CT molecular complexity index is 570. The summed E-state index contributed by atoms with van der Waals surface area (Å²) in [6, 6.07) is 2.88. The van der Waals surface area contributed by atoms with Crippen LogP contribution in [-0.4, -0.2) is 24.9 Å². The van der Waals surface area contributed by atoms with Crippen molar-refractivity contribution in [2.45, 2.75) is 19.3 Å². The maximum Gasteiger partial charge on any atom is 0.224 e. The minimum Gasteiger partial charge on any atom is -0.326 e. The van der Waals surface area contributed by atoms with Crippen LogP contribution in [0.15, 0.2) is 12.1 Å². The van der Waals surface area contributed by atoms with E-state index in [2.05, 4.69) is 16.0 Å². The lowest BCUT2D eigenvalue weighted by Gasteiger charge is -2.26. The molecule has 0 unspecified atom stereocenters. The third kappa shape index (κ3) is 2.65. The quantitative estimate of drug-likeness (QED) is 0.779. The Morgan fingerprint density at radius 1 is 1.35 bits per heavy atom. The molecule has 1 fully saturated rings. The van der Waals surface area contributed by atoms with Crippen LogP contribution in [0.5, 0.6) is 0 Å². The first-order chi connectivity index (χ1) is 9.61. The summed E-state index contributed by atoms with van der Waals surface area (Å²) in [5, 5.41) is 8.36. The van der Waals surface area contributed by atoms with Gasteiger partial charge in [0, 0.05) is 18.5 Å². The summed E-state index contributed by atoms with van der Waals surface area (Å²) in [6.07, 6.45) is 1.28. The van der Waals surface area contributed by atoms with Crippen molar-refractivity contribution in [1.82, 2.24) is 5.32 Å². The number of rotatable bonds is 3. The number of hydrogen-bond acceptors (Lipinski definition) is 3. The van der Waals surface area contributed by atoms with Crippen molar-refractivity contribution in [3.8, 4) is 0 Å². The highest BCUT2D eigenvalue weighted by molar-refractivity contribution is 5.96. The molecule has 0 aromatic heterocycles. The number of hydrogen-bond donors (Lipinski definition) is 3. The molecule has 6 heteroatoms. The standard InChI is InChI=1S/C14H16FN3O2/c15-10-4-9-1-2-13(19)17-11(9)5-12(10)18-14(20)3-8-6-16-7-8/h4-5,8,16H,1-3,6-7H2,(H,17,19)(H,18,20).